The molecule has 0 aromatic carbocycles. The van der Waals surface area contributed by atoms with Gasteiger partial charge in [-0.1, -0.05) is 33.6 Å². The van der Waals surface area contributed by atoms with Crippen molar-refractivity contribution in [2.45, 2.75) is 97.7 Å². The second kappa shape index (κ2) is 11.6. The quantitative estimate of drug-likeness (QED) is 0.226. The van der Waals surface area contributed by atoms with Gasteiger partial charge in [0.15, 0.2) is 17.3 Å². The molecule has 0 aliphatic heterocycles. The molecule has 0 saturated heterocycles. The van der Waals surface area contributed by atoms with Gasteiger partial charge in [-0.25, -0.2) is 0 Å². The lowest BCUT2D eigenvalue weighted by Gasteiger charge is -2.24. The summed E-state index contributed by atoms with van der Waals surface area (Å²) in [5.41, 5.74) is 0.929. The van der Waals surface area contributed by atoms with Crippen LogP contribution in [0.1, 0.15) is 85.5 Å². The molecule has 0 bridgehead atoms. The van der Waals surface area contributed by atoms with Crippen molar-refractivity contribution >= 4 is 23.1 Å². The number of hydrogen-bond donors (Lipinski definition) is 2. The van der Waals surface area contributed by atoms with Gasteiger partial charge in [0.1, 0.15) is 5.78 Å². The lowest BCUT2D eigenvalue weighted by atomic mass is 9.78. The van der Waals surface area contributed by atoms with Gasteiger partial charge < -0.3 is 10.2 Å². The van der Waals surface area contributed by atoms with E-state index >= 15 is 0 Å². The van der Waals surface area contributed by atoms with Gasteiger partial charge in [0.2, 0.25) is 0 Å². The van der Waals surface area contributed by atoms with Crippen LogP contribution in [0.25, 0.3) is 0 Å². The number of hydrogen-bond acceptors (Lipinski definition) is 6. The molecule has 4 rings (SSSR count). The van der Waals surface area contributed by atoms with Crippen LogP contribution in [0, 0.1) is 52.8 Å². The summed E-state index contributed by atoms with van der Waals surface area (Å²) >= 11 is 0. The lowest BCUT2D eigenvalue weighted by molar-refractivity contribution is -0.129. The summed E-state index contributed by atoms with van der Waals surface area (Å²) in [6.07, 6.45) is 4.77. The van der Waals surface area contributed by atoms with Crippen molar-refractivity contribution in [1.29, 1.82) is 0 Å². The van der Waals surface area contributed by atoms with Gasteiger partial charge in [-0.05, 0) is 112 Å². The van der Waals surface area contributed by atoms with E-state index in [4.69, 9.17) is 0 Å². The Morgan fingerprint density at radius 3 is 1.35 bits per heavy atom. The number of aliphatic hydroxyl groups is 2. The van der Waals surface area contributed by atoms with E-state index in [-0.39, 0.29) is 70.5 Å². The van der Waals surface area contributed by atoms with Crippen LogP contribution in [0.2, 0.25) is 0 Å². The molecular weight excluding hydrogens is 504 g/mol. The minimum atomic E-state index is -0.701. The Bertz CT molecular complexity index is 1110. The van der Waals surface area contributed by atoms with E-state index in [1.165, 1.54) is 0 Å². The van der Waals surface area contributed by atoms with E-state index in [0.717, 1.165) is 25.7 Å². The van der Waals surface area contributed by atoms with Crippen molar-refractivity contribution < 1.29 is 29.4 Å². The van der Waals surface area contributed by atoms with Gasteiger partial charge in [-0.3, -0.25) is 19.2 Å². The highest BCUT2D eigenvalue weighted by molar-refractivity contribution is 6.00. The summed E-state index contributed by atoms with van der Waals surface area (Å²) in [6.45, 7) is 18.7. The smallest absolute Gasteiger partial charge is 0.161 e. The Morgan fingerprint density at radius 2 is 0.975 bits per heavy atom. The molecule has 40 heavy (non-hydrogen) atoms. The van der Waals surface area contributed by atoms with Gasteiger partial charge in [0.25, 0.3) is 0 Å². The Balaban J connectivity index is 1.15. The zero-order valence-electron chi connectivity index (χ0n) is 24.8. The minimum Gasteiger partial charge on any atom is -0.393 e. The van der Waals surface area contributed by atoms with Crippen LogP contribution in [-0.4, -0.2) is 45.6 Å². The molecule has 4 saturated carbocycles. The summed E-state index contributed by atoms with van der Waals surface area (Å²) in [5.74, 6) is 0.857. The zero-order chi connectivity index (χ0) is 29.7. The Kier molecular flexibility index (Phi) is 8.92. The number of rotatable bonds is 18. The maximum Gasteiger partial charge on any atom is 0.161 e. The Labute approximate surface area is 239 Å². The SMILES string of the molecule is C=C(C)C(=O)C1CC1CC(O)CC1CC1C(=O)C(=C)CC(C)(C)C(=O)C1CC1CC(O)CC1CC1C(=O)C(=C)C. The predicted octanol–water partition coefficient (Wildman–Crippen LogP) is 5.21. The molecule has 0 spiro atoms. The van der Waals surface area contributed by atoms with Gasteiger partial charge in [-0.2, -0.15) is 0 Å². The predicted molar refractivity (Wildman–Crippen MR) is 154 cm³/mol. The van der Waals surface area contributed by atoms with Crippen molar-refractivity contribution in [3.05, 3.63) is 36.5 Å². The van der Waals surface area contributed by atoms with Gasteiger partial charge in [0, 0.05) is 29.1 Å². The van der Waals surface area contributed by atoms with Crippen LogP contribution in [0.4, 0.5) is 0 Å². The first-order chi connectivity index (χ1) is 18.6. The molecule has 4 fully saturated rings. The third-order valence-electron chi connectivity index (χ3n) is 9.85. The fourth-order valence-corrected chi connectivity index (χ4v) is 7.01. The largest absolute Gasteiger partial charge is 0.393 e. The average Bonchev–Trinajstić information content (AvgIpc) is 3.65. The number of allylic oxidation sites excluding steroid dienone is 3. The molecule has 4 aliphatic rings. The minimum absolute atomic E-state index is 0.000512. The Hall–Kier alpha value is -2.18. The molecule has 6 heteroatoms. The van der Waals surface area contributed by atoms with Crippen LogP contribution >= 0.6 is 0 Å². The second-order valence-electron chi connectivity index (χ2n) is 14.3. The van der Waals surface area contributed by atoms with Crippen LogP contribution in [-0.2, 0) is 19.2 Å². The summed E-state index contributed by atoms with van der Waals surface area (Å²) in [7, 11) is 0. The van der Waals surface area contributed by atoms with E-state index < -0.39 is 17.6 Å². The molecule has 10 atom stereocenters. The summed E-state index contributed by atoms with van der Waals surface area (Å²) < 4.78 is 0. The van der Waals surface area contributed by atoms with Crippen LogP contribution < -0.4 is 0 Å². The van der Waals surface area contributed by atoms with Crippen molar-refractivity contribution in [2.75, 3.05) is 0 Å². The molecule has 220 valence electrons. The lowest BCUT2D eigenvalue weighted by Crippen LogP contribution is -2.29. The van der Waals surface area contributed by atoms with Crippen molar-refractivity contribution in [1.82, 2.24) is 0 Å². The first kappa shape index (κ1) is 30.8. The van der Waals surface area contributed by atoms with Crippen LogP contribution in [0.5, 0.6) is 0 Å². The Morgan fingerprint density at radius 1 is 0.650 bits per heavy atom. The zero-order valence-corrected chi connectivity index (χ0v) is 24.8. The van der Waals surface area contributed by atoms with Crippen molar-refractivity contribution in [2.24, 2.45) is 52.8 Å². The topological polar surface area (TPSA) is 109 Å². The van der Waals surface area contributed by atoms with Gasteiger partial charge in [0.05, 0.1) is 12.2 Å². The first-order valence-corrected chi connectivity index (χ1v) is 15.1. The fraction of sp³-hybridized carbons (Fsp3) is 0.706. The number of carbonyl (C=O) groups is 4. The normalized spacial score (nSPS) is 33.4. The first-order valence-electron chi connectivity index (χ1n) is 15.1. The van der Waals surface area contributed by atoms with Gasteiger partial charge in [-0.15, -0.1) is 0 Å². The van der Waals surface area contributed by atoms with E-state index in [1.807, 2.05) is 13.8 Å². The number of Topliss-reactive ketones (excluding diaryl/α,β-unsaturated/α-hetero) is 4. The summed E-state index contributed by atoms with van der Waals surface area (Å²) in [5, 5.41) is 21.1. The fourth-order valence-electron chi connectivity index (χ4n) is 7.01. The highest BCUT2D eigenvalue weighted by Crippen LogP contribution is 2.51. The maximum atomic E-state index is 13.3. The van der Waals surface area contributed by atoms with Crippen LogP contribution in [0.15, 0.2) is 36.5 Å². The molecule has 6 nitrogen and oxygen atoms in total. The summed E-state index contributed by atoms with van der Waals surface area (Å²) in [6, 6.07) is 0. The molecule has 0 heterocycles. The molecular formula is C34H48O6. The third-order valence-corrected chi connectivity index (χ3v) is 9.85. The average molecular weight is 553 g/mol. The molecule has 0 amide bonds. The number of aliphatic hydroxyl groups excluding tert-OH is 2. The number of carbonyl (C=O) groups excluding carboxylic acids is 4. The molecule has 0 aromatic heterocycles. The van der Waals surface area contributed by atoms with Crippen LogP contribution in [0.3, 0.4) is 0 Å². The van der Waals surface area contributed by atoms with Crippen molar-refractivity contribution in [3.8, 4) is 0 Å². The maximum absolute atomic E-state index is 13.3. The molecule has 10 unspecified atom stereocenters. The highest BCUT2D eigenvalue weighted by Gasteiger charge is 2.51. The van der Waals surface area contributed by atoms with Gasteiger partial charge >= 0.3 is 0 Å². The molecule has 0 radical (unpaired) electrons. The second-order valence-corrected chi connectivity index (χ2v) is 14.3. The van der Waals surface area contributed by atoms with E-state index in [0.29, 0.717) is 48.8 Å². The van der Waals surface area contributed by atoms with E-state index in [9.17, 15) is 29.4 Å². The molecule has 2 N–H and O–H groups in total. The highest BCUT2D eigenvalue weighted by atomic mass is 16.3. The third kappa shape index (κ3) is 7.36. The van der Waals surface area contributed by atoms with E-state index in [2.05, 4.69) is 19.7 Å². The monoisotopic (exact) mass is 552 g/mol. The summed E-state index contributed by atoms with van der Waals surface area (Å²) in [4.78, 5) is 50.4. The van der Waals surface area contributed by atoms with Crippen molar-refractivity contribution in [3.63, 3.8) is 0 Å². The van der Waals surface area contributed by atoms with E-state index in [1.54, 1.807) is 13.8 Å². The number of ketones is 4. The molecule has 4 aliphatic carbocycles. The standard InChI is InChI=1S/C34H48O6/c1-17(2)30(37)26-12-20(26)8-24(35)10-22-14-28(22)32(39)19(5)16-34(6,7)33(40)29-15-23(29)11-25(36)9-21-13-27(21)31(38)18(3)4/h20-29,35-36H,1,3,5,8-16H2,2,4,6-7H3. The molecule has 0 aromatic rings.